The first-order valence-corrected chi connectivity index (χ1v) is 4.82. The van der Waals surface area contributed by atoms with Crippen LogP contribution in [0.4, 0.5) is 0 Å². The maximum atomic E-state index is 4.17. The molecule has 0 saturated heterocycles. The second-order valence-corrected chi connectivity index (χ2v) is 4.03. The molecule has 0 unspecified atom stereocenters. The SMILES string of the molecule is c1nnc(CC2CC2)n1C1CC1. The van der Waals surface area contributed by atoms with E-state index in [4.69, 9.17) is 0 Å². The number of hydrogen-bond acceptors (Lipinski definition) is 2. The van der Waals surface area contributed by atoms with Gasteiger partial charge in [-0.3, -0.25) is 0 Å². The molecule has 0 radical (unpaired) electrons. The van der Waals surface area contributed by atoms with Crippen LogP contribution in [-0.4, -0.2) is 14.8 Å². The summed E-state index contributed by atoms with van der Waals surface area (Å²) in [5, 5.41) is 8.15. The lowest BCUT2D eigenvalue weighted by molar-refractivity contribution is 0.649. The summed E-state index contributed by atoms with van der Waals surface area (Å²) >= 11 is 0. The summed E-state index contributed by atoms with van der Waals surface area (Å²) in [5.41, 5.74) is 0. The Morgan fingerprint density at radius 1 is 1.33 bits per heavy atom. The van der Waals surface area contributed by atoms with Gasteiger partial charge in [-0.15, -0.1) is 10.2 Å². The maximum Gasteiger partial charge on any atom is 0.133 e. The lowest BCUT2D eigenvalue weighted by Gasteiger charge is -2.01. The summed E-state index contributed by atoms with van der Waals surface area (Å²) in [6, 6.07) is 0.744. The van der Waals surface area contributed by atoms with Gasteiger partial charge in [-0.25, -0.2) is 0 Å². The van der Waals surface area contributed by atoms with Gasteiger partial charge >= 0.3 is 0 Å². The Labute approximate surface area is 71.8 Å². The fourth-order valence-corrected chi connectivity index (χ4v) is 1.65. The molecule has 2 aliphatic rings. The minimum atomic E-state index is 0.744. The van der Waals surface area contributed by atoms with E-state index in [0.29, 0.717) is 0 Å². The molecule has 0 aliphatic heterocycles. The fraction of sp³-hybridized carbons (Fsp3) is 0.778. The second-order valence-electron chi connectivity index (χ2n) is 4.03. The Hall–Kier alpha value is -0.860. The molecule has 2 aliphatic carbocycles. The van der Waals surface area contributed by atoms with Crippen LogP contribution in [0.3, 0.4) is 0 Å². The van der Waals surface area contributed by atoms with E-state index >= 15 is 0 Å². The van der Waals surface area contributed by atoms with Crippen LogP contribution >= 0.6 is 0 Å². The van der Waals surface area contributed by atoms with Gasteiger partial charge in [-0.1, -0.05) is 0 Å². The molecule has 12 heavy (non-hydrogen) atoms. The largest absolute Gasteiger partial charge is 0.314 e. The van der Waals surface area contributed by atoms with Crippen LogP contribution in [0.5, 0.6) is 0 Å². The van der Waals surface area contributed by atoms with Crippen molar-refractivity contribution in [3.8, 4) is 0 Å². The summed E-state index contributed by atoms with van der Waals surface area (Å²) in [7, 11) is 0. The molecule has 2 saturated carbocycles. The summed E-state index contributed by atoms with van der Waals surface area (Å²) < 4.78 is 2.28. The van der Waals surface area contributed by atoms with Gasteiger partial charge in [0.15, 0.2) is 0 Å². The van der Waals surface area contributed by atoms with Crippen molar-refractivity contribution in [3.05, 3.63) is 12.2 Å². The van der Waals surface area contributed by atoms with Crippen LogP contribution in [-0.2, 0) is 6.42 Å². The molecule has 1 aromatic heterocycles. The predicted molar refractivity (Wildman–Crippen MR) is 44.7 cm³/mol. The number of hydrogen-bond donors (Lipinski definition) is 0. The maximum absolute atomic E-state index is 4.17. The monoisotopic (exact) mass is 163 g/mol. The molecule has 64 valence electrons. The molecular formula is C9H13N3. The molecule has 2 fully saturated rings. The van der Waals surface area contributed by atoms with E-state index in [1.165, 1.54) is 31.5 Å². The molecule has 1 aromatic rings. The molecule has 0 amide bonds. The van der Waals surface area contributed by atoms with Gasteiger partial charge in [-0.2, -0.15) is 0 Å². The highest BCUT2D eigenvalue weighted by molar-refractivity contribution is 4.98. The Bertz CT molecular complexity index is 284. The van der Waals surface area contributed by atoms with E-state index in [9.17, 15) is 0 Å². The first kappa shape index (κ1) is 6.63. The van der Waals surface area contributed by atoms with Crippen molar-refractivity contribution in [1.29, 1.82) is 0 Å². The van der Waals surface area contributed by atoms with Crippen LogP contribution in [0.2, 0.25) is 0 Å². The third kappa shape index (κ3) is 1.13. The van der Waals surface area contributed by atoms with E-state index in [1.807, 2.05) is 6.33 Å². The molecule has 3 heteroatoms. The van der Waals surface area contributed by atoms with Crippen LogP contribution in [0.1, 0.15) is 37.5 Å². The third-order valence-corrected chi connectivity index (χ3v) is 2.76. The highest BCUT2D eigenvalue weighted by Gasteiger charge is 2.29. The van der Waals surface area contributed by atoms with Crippen molar-refractivity contribution >= 4 is 0 Å². The minimum Gasteiger partial charge on any atom is -0.314 e. The summed E-state index contributed by atoms with van der Waals surface area (Å²) in [5.74, 6) is 2.15. The average Bonchev–Trinajstić information content (AvgIpc) is 2.93. The standard InChI is InChI=1S/C9H13N3/c1-2-7(1)5-9-11-10-6-12(9)8-3-4-8/h6-8H,1-5H2. The zero-order valence-electron chi connectivity index (χ0n) is 7.11. The van der Waals surface area contributed by atoms with Gasteiger partial charge in [0.2, 0.25) is 0 Å². The van der Waals surface area contributed by atoms with Gasteiger partial charge in [0.25, 0.3) is 0 Å². The summed E-state index contributed by atoms with van der Waals surface area (Å²) in [6.45, 7) is 0. The zero-order chi connectivity index (χ0) is 7.97. The van der Waals surface area contributed by atoms with Crippen LogP contribution in [0, 0.1) is 5.92 Å². The smallest absolute Gasteiger partial charge is 0.133 e. The van der Waals surface area contributed by atoms with Gasteiger partial charge in [-0.05, 0) is 31.6 Å². The minimum absolute atomic E-state index is 0.744. The van der Waals surface area contributed by atoms with Gasteiger partial charge in [0, 0.05) is 12.5 Å². The Balaban J connectivity index is 1.81. The Morgan fingerprint density at radius 3 is 2.83 bits per heavy atom. The highest BCUT2D eigenvalue weighted by atomic mass is 15.3. The van der Waals surface area contributed by atoms with Crippen LogP contribution in [0.25, 0.3) is 0 Å². The van der Waals surface area contributed by atoms with E-state index < -0.39 is 0 Å². The van der Waals surface area contributed by atoms with Crippen molar-refractivity contribution in [1.82, 2.24) is 14.8 Å². The number of nitrogens with zero attached hydrogens (tertiary/aromatic N) is 3. The van der Waals surface area contributed by atoms with Crippen molar-refractivity contribution < 1.29 is 0 Å². The molecule has 0 spiro atoms. The van der Waals surface area contributed by atoms with Crippen molar-refractivity contribution in [3.63, 3.8) is 0 Å². The lowest BCUT2D eigenvalue weighted by Crippen LogP contribution is -2.01. The van der Waals surface area contributed by atoms with Gasteiger partial charge in [0.1, 0.15) is 12.2 Å². The molecule has 3 rings (SSSR count). The average molecular weight is 163 g/mol. The van der Waals surface area contributed by atoms with Crippen molar-refractivity contribution in [2.75, 3.05) is 0 Å². The molecule has 1 heterocycles. The summed E-state index contributed by atoms with van der Waals surface area (Å²) in [4.78, 5) is 0. The molecular weight excluding hydrogens is 150 g/mol. The van der Waals surface area contributed by atoms with Crippen LogP contribution in [0.15, 0.2) is 6.33 Å². The molecule has 3 nitrogen and oxygen atoms in total. The highest BCUT2D eigenvalue weighted by Crippen LogP contribution is 2.37. The van der Waals surface area contributed by atoms with Gasteiger partial charge in [0.05, 0.1) is 0 Å². The normalized spacial score (nSPS) is 23.0. The molecule has 0 atom stereocenters. The predicted octanol–water partition coefficient (Wildman–Crippen LogP) is 1.57. The lowest BCUT2D eigenvalue weighted by atomic mass is 10.3. The van der Waals surface area contributed by atoms with Gasteiger partial charge < -0.3 is 4.57 Å². The van der Waals surface area contributed by atoms with E-state index in [2.05, 4.69) is 14.8 Å². The first-order chi connectivity index (χ1) is 5.93. The topological polar surface area (TPSA) is 30.7 Å². The zero-order valence-corrected chi connectivity index (χ0v) is 7.11. The molecule has 0 N–H and O–H groups in total. The number of aromatic nitrogens is 3. The molecule has 0 bridgehead atoms. The summed E-state index contributed by atoms with van der Waals surface area (Å²) in [6.07, 6.45) is 8.52. The van der Waals surface area contributed by atoms with Crippen LogP contribution < -0.4 is 0 Å². The van der Waals surface area contributed by atoms with E-state index in [-0.39, 0.29) is 0 Å². The third-order valence-electron chi connectivity index (χ3n) is 2.76. The fourth-order valence-electron chi connectivity index (χ4n) is 1.65. The Morgan fingerprint density at radius 2 is 2.17 bits per heavy atom. The van der Waals surface area contributed by atoms with Crippen molar-refractivity contribution in [2.24, 2.45) is 5.92 Å². The molecule has 0 aromatic carbocycles. The van der Waals surface area contributed by atoms with E-state index in [1.54, 1.807) is 0 Å². The van der Waals surface area contributed by atoms with Crippen molar-refractivity contribution in [2.45, 2.75) is 38.1 Å². The quantitative estimate of drug-likeness (QED) is 0.677. The van der Waals surface area contributed by atoms with E-state index in [0.717, 1.165) is 18.4 Å². The Kier molecular flexibility index (Phi) is 1.28. The number of rotatable bonds is 3. The second kappa shape index (κ2) is 2.31. The first-order valence-electron chi connectivity index (χ1n) is 4.82.